The molecule has 2 atom stereocenters. The summed E-state index contributed by atoms with van der Waals surface area (Å²) in [5.74, 6) is 0.533. The van der Waals surface area contributed by atoms with E-state index in [9.17, 15) is 4.39 Å². The molecule has 3 nitrogen and oxygen atoms in total. The normalized spacial score (nSPS) is 19.8. The van der Waals surface area contributed by atoms with Gasteiger partial charge in [-0.1, -0.05) is 30.3 Å². The van der Waals surface area contributed by atoms with Gasteiger partial charge in [0.1, 0.15) is 11.9 Å². The highest BCUT2D eigenvalue weighted by atomic mass is 19.1. The number of benzene rings is 1. The fraction of sp³-hybridized carbons (Fsp3) is 0.312. The lowest BCUT2D eigenvalue weighted by Crippen LogP contribution is -2.21. The third-order valence-electron chi connectivity index (χ3n) is 3.62. The van der Waals surface area contributed by atoms with Gasteiger partial charge in [0.25, 0.3) is 0 Å². The number of halogens is 1. The number of rotatable bonds is 4. The lowest BCUT2D eigenvalue weighted by atomic mass is 9.95. The maximum absolute atomic E-state index is 12.9. The summed E-state index contributed by atoms with van der Waals surface area (Å²) in [6.07, 6.45) is 2.49. The lowest BCUT2D eigenvalue weighted by molar-refractivity contribution is 0.143. The van der Waals surface area contributed by atoms with Crippen LogP contribution in [0.4, 0.5) is 4.39 Å². The molecule has 4 heteroatoms. The van der Waals surface area contributed by atoms with Crippen LogP contribution in [0.15, 0.2) is 48.7 Å². The summed E-state index contributed by atoms with van der Waals surface area (Å²) < 4.78 is 18.9. The molecule has 1 N–H and O–H groups in total. The quantitative estimate of drug-likeness (QED) is 0.869. The van der Waals surface area contributed by atoms with E-state index in [-0.39, 0.29) is 6.10 Å². The molecule has 1 aliphatic heterocycles. The molecular weight excluding hydrogens is 255 g/mol. The second kappa shape index (κ2) is 6.01. The van der Waals surface area contributed by atoms with Crippen LogP contribution in [0.5, 0.6) is 5.75 Å². The smallest absolute Gasteiger partial charge is 0.213 e. The first-order valence-electron chi connectivity index (χ1n) is 6.87. The zero-order chi connectivity index (χ0) is 13.8. The Labute approximate surface area is 117 Å². The minimum atomic E-state index is -0.490. The Bertz CT molecular complexity index is 538. The summed E-state index contributed by atoms with van der Waals surface area (Å²) in [5.41, 5.74) is 1.14. The number of aromatic nitrogens is 1. The van der Waals surface area contributed by atoms with E-state index < -0.39 is 5.95 Å². The molecule has 1 aromatic heterocycles. The first-order valence-corrected chi connectivity index (χ1v) is 6.87. The van der Waals surface area contributed by atoms with Crippen LogP contribution in [0.3, 0.4) is 0 Å². The van der Waals surface area contributed by atoms with E-state index in [1.807, 2.05) is 18.2 Å². The van der Waals surface area contributed by atoms with Crippen LogP contribution in [0.25, 0.3) is 0 Å². The number of hydrogen-bond donors (Lipinski definition) is 1. The van der Waals surface area contributed by atoms with Crippen molar-refractivity contribution in [3.8, 4) is 5.75 Å². The van der Waals surface area contributed by atoms with Gasteiger partial charge in [-0.05, 0) is 30.7 Å². The van der Waals surface area contributed by atoms with Gasteiger partial charge in [0, 0.05) is 12.5 Å². The van der Waals surface area contributed by atoms with Crippen molar-refractivity contribution in [2.24, 2.45) is 5.92 Å². The van der Waals surface area contributed by atoms with E-state index in [4.69, 9.17) is 4.74 Å². The second-order valence-corrected chi connectivity index (χ2v) is 5.02. The van der Waals surface area contributed by atoms with Gasteiger partial charge in [0.05, 0.1) is 6.20 Å². The zero-order valence-electron chi connectivity index (χ0n) is 11.1. The van der Waals surface area contributed by atoms with E-state index >= 15 is 0 Å². The zero-order valence-corrected chi connectivity index (χ0v) is 11.1. The molecule has 0 spiro atoms. The van der Waals surface area contributed by atoms with Crippen LogP contribution in [0.2, 0.25) is 0 Å². The minimum Gasteiger partial charge on any atom is -0.484 e. The molecule has 1 aliphatic rings. The van der Waals surface area contributed by atoms with Gasteiger partial charge in [0.2, 0.25) is 5.95 Å². The molecule has 2 heterocycles. The molecule has 20 heavy (non-hydrogen) atoms. The summed E-state index contributed by atoms with van der Waals surface area (Å²) in [6, 6.07) is 13.1. The largest absolute Gasteiger partial charge is 0.484 e. The van der Waals surface area contributed by atoms with Crippen molar-refractivity contribution in [1.82, 2.24) is 10.3 Å². The molecule has 104 valence electrons. The monoisotopic (exact) mass is 272 g/mol. The minimum absolute atomic E-state index is 0.0292. The van der Waals surface area contributed by atoms with E-state index in [0.717, 1.165) is 25.1 Å². The summed E-state index contributed by atoms with van der Waals surface area (Å²) in [4.78, 5) is 3.65. The summed E-state index contributed by atoms with van der Waals surface area (Å²) in [7, 11) is 0. The van der Waals surface area contributed by atoms with Crippen molar-refractivity contribution in [2.45, 2.75) is 12.5 Å². The fourth-order valence-electron chi connectivity index (χ4n) is 2.59. The van der Waals surface area contributed by atoms with Gasteiger partial charge < -0.3 is 10.1 Å². The van der Waals surface area contributed by atoms with Gasteiger partial charge >= 0.3 is 0 Å². The maximum Gasteiger partial charge on any atom is 0.213 e. The summed E-state index contributed by atoms with van der Waals surface area (Å²) in [6.45, 7) is 1.95. The number of nitrogens with zero attached hydrogens (tertiary/aromatic N) is 1. The molecule has 0 amide bonds. The first kappa shape index (κ1) is 13.1. The summed E-state index contributed by atoms with van der Waals surface area (Å²) in [5, 5.41) is 3.36. The second-order valence-electron chi connectivity index (χ2n) is 5.02. The van der Waals surface area contributed by atoms with Crippen LogP contribution in [-0.2, 0) is 0 Å². The van der Waals surface area contributed by atoms with Crippen LogP contribution in [0.1, 0.15) is 18.1 Å². The third kappa shape index (κ3) is 2.96. The summed E-state index contributed by atoms with van der Waals surface area (Å²) >= 11 is 0. The number of hydrogen-bond acceptors (Lipinski definition) is 3. The van der Waals surface area contributed by atoms with E-state index in [1.54, 1.807) is 6.07 Å². The molecule has 1 saturated heterocycles. The molecular formula is C16H17FN2O. The topological polar surface area (TPSA) is 34.1 Å². The van der Waals surface area contributed by atoms with E-state index in [0.29, 0.717) is 11.7 Å². The third-order valence-corrected chi connectivity index (χ3v) is 3.62. The SMILES string of the molecule is Fc1ccc(OC(c2ccccc2)[C@H]2CCNC2)cn1. The fourth-order valence-corrected chi connectivity index (χ4v) is 2.59. The van der Waals surface area contributed by atoms with Crippen LogP contribution in [-0.4, -0.2) is 18.1 Å². The molecule has 0 aliphatic carbocycles. The number of pyridine rings is 1. The van der Waals surface area contributed by atoms with E-state index in [1.165, 1.54) is 12.3 Å². The number of nitrogens with one attached hydrogen (secondary N) is 1. The first-order chi connectivity index (χ1) is 9.83. The molecule has 1 unspecified atom stereocenters. The molecule has 0 radical (unpaired) electrons. The van der Waals surface area contributed by atoms with Crippen molar-refractivity contribution in [3.63, 3.8) is 0 Å². The highest BCUT2D eigenvalue weighted by molar-refractivity contribution is 5.23. The Morgan fingerprint density at radius 2 is 2.05 bits per heavy atom. The Morgan fingerprint density at radius 1 is 1.20 bits per heavy atom. The molecule has 3 rings (SSSR count). The standard InChI is InChI=1S/C16H17FN2O/c17-15-7-6-14(11-19-15)20-16(13-8-9-18-10-13)12-4-2-1-3-5-12/h1-7,11,13,16,18H,8-10H2/t13-,16?/m0/s1. The average molecular weight is 272 g/mol. The molecule has 2 aromatic rings. The molecule has 1 fully saturated rings. The van der Waals surface area contributed by atoms with Crippen molar-refractivity contribution in [1.29, 1.82) is 0 Å². The van der Waals surface area contributed by atoms with Gasteiger partial charge in [-0.15, -0.1) is 0 Å². The van der Waals surface area contributed by atoms with E-state index in [2.05, 4.69) is 22.4 Å². The van der Waals surface area contributed by atoms with Gasteiger partial charge in [-0.25, -0.2) is 4.98 Å². The molecule has 0 bridgehead atoms. The Kier molecular flexibility index (Phi) is 3.92. The predicted molar refractivity (Wildman–Crippen MR) is 75.0 cm³/mol. The van der Waals surface area contributed by atoms with Crippen molar-refractivity contribution >= 4 is 0 Å². The van der Waals surface area contributed by atoms with Crippen molar-refractivity contribution in [2.75, 3.05) is 13.1 Å². The van der Waals surface area contributed by atoms with Gasteiger partial charge in [-0.2, -0.15) is 4.39 Å². The van der Waals surface area contributed by atoms with Crippen LogP contribution in [0, 0.1) is 11.9 Å². The van der Waals surface area contributed by atoms with Gasteiger partial charge in [-0.3, -0.25) is 0 Å². The van der Waals surface area contributed by atoms with Crippen molar-refractivity contribution < 1.29 is 9.13 Å². The van der Waals surface area contributed by atoms with Crippen LogP contribution < -0.4 is 10.1 Å². The molecule has 1 aromatic carbocycles. The van der Waals surface area contributed by atoms with Crippen LogP contribution >= 0.6 is 0 Å². The maximum atomic E-state index is 12.9. The molecule has 0 saturated carbocycles. The Morgan fingerprint density at radius 3 is 2.70 bits per heavy atom. The van der Waals surface area contributed by atoms with Gasteiger partial charge in [0.15, 0.2) is 0 Å². The highest BCUT2D eigenvalue weighted by Gasteiger charge is 2.28. The predicted octanol–water partition coefficient (Wildman–Crippen LogP) is 2.95. The Hall–Kier alpha value is -1.94. The van der Waals surface area contributed by atoms with Crippen molar-refractivity contribution in [3.05, 3.63) is 60.2 Å². The average Bonchev–Trinajstić information content (AvgIpc) is 3.01. The number of ether oxygens (including phenoxy) is 1. The lowest BCUT2D eigenvalue weighted by Gasteiger charge is -2.24. The highest BCUT2D eigenvalue weighted by Crippen LogP contribution is 2.31. The Balaban J connectivity index is 1.83.